The average molecular weight is 1480 g/mol. The molecule has 4 nitrogen and oxygen atoms in total. The van der Waals surface area contributed by atoms with E-state index in [4.69, 9.17) is 9.47 Å². The molecule has 0 aliphatic heterocycles. The van der Waals surface area contributed by atoms with Crippen LogP contribution in [0.1, 0.15) is 132 Å². The van der Waals surface area contributed by atoms with Gasteiger partial charge in [0.15, 0.2) is 34.9 Å². The lowest BCUT2D eigenvalue weighted by Crippen LogP contribution is -2.29. The van der Waals surface area contributed by atoms with Gasteiger partial charge in [-0.05, 0) is 282 Å². The van der Waals surface area contributed by atoms with E-state index in [2.05, 4.69) is 99.2 Å². The Morgan fingerprint density at radius 2 is 0.838 bits per heavy atom. The summed E-state index contributed by atoms with van der Waals surface area (Å²) in [7, 11) is 0. The molecule has 4 unspecified atom stereocenters. The fourth-order valence-electron chi connectivity index (χ4n) is 19.2. The zero-order chi connectivity index (χ0) is 76.6. The molecule has 18 rings (SSSR count). The van der Waals surface area contributed by atoms with Crippen LogP contribution in [0.4, 0.5) is 63.6 Å². The first-order chi connectivity index (χ1) is 53.6. The maximum Gasteiger partial charge on any atom is 0.194 e. The third-order valence-corrected chi connectivity index (χ3v) is 23.9. The van der Waals surface area contributed by atoms with E-state index in [0.29, 0.717) is 82.2 Å². The van der Waals surface area contributed by atoms with Crippen LogP contribution in [0.15, 0.2) is 309 Å². The SMILES string of the molecule is C=CC1=CCC(Oc2ccc(C3(c4cc(F)c(F)c(F)c4)c4ccccc4-c4ccc(N(c5ccc(F)cc5)c5ccc6c(c5)C5(CC(C)(C)c7ccc(N(C8=CC=C(F)CC8)c8ccc9c(c8)C(c8ccc(Oc%10ccc(C=C)cc%10)cc8)(c8cc(F)c(F)c(F)c8)c8ccccc8-9)cc75)CC6(C)C)cc43)cc2)C=C1. The number of ether oxygens (including phenoxy) is 2. The van der Waals surface area contributed by atoms with Crippen molar-refractivity contribution in [2.24, 2.45) is 0 Å². The highest BCUT2D eigenvalue weighted by Gasteiger charge is 2.57. The first-order valence-corrected chi connectivity index (χ1v) is 37.4. The molecule has 12 aromatic rings. The van der Waals surface area contributed by atoms with Crippen LogP contribution in [0, 0.1) is 40.7 Å². The molecule has 0 heterocycles. The monoisotopic (exact) mass is 1470 g/mol. The molecule has 1 spiro atoms. The zero-order valence-electron chi connectivity index (χ0n) is 61.4. The number of anilines is 5. The van der Waals surface area contributed by atoms with Gasteiger partial charge in [0, 0.05) is 52.4 Å². The van der Waals surface area contributed by atoms with E-state index in [9.17, 15) is 0 Å². The van der Waals surface area contributed by atoms with Crippen molar-refractivity contribution in [3.8, 4) is 39.5 Å². The minimum absolute atomic E-state index is 0.138. The molecule has 0 radical (unpaired) electrons. The van der Waals surface area contributed by atoms with Crippen LogP contribution in [0.3, 0.4) is 0 Å². The second-order valence-electron chi connectivity index (χ2n) is 31.2. The molecule has 0 bridgehead atoms. The minimum Gasteiger partial charge on any atom is -0.486 e. The highest BCUT2D eigenvalue weighted by molar-refractivity contribution is 5.92. The summed E-state index contributed by atoms with van der Waals surface area (Å²) in [6, 6.07) is 74.0. The number of allylic oxidation sites excluding steroid dienone is 7. The van der Waals surface area contributed by atoms with Crippen LogP contribution in [-0.4, -0.2) is 6.10 Å². The van der Waals surface area contributed by atoms with Crippen molar-refractivity contribution >= 4 is 34.5 Å². The molecule has 0 saturated heterocycles. The van der Waals surface area contributed by atoms with E-state index < -0.39 is 67.8 Å². The Labute approximate surface area is 640 Å². The fourth-order valence-corrected chi connectivity index (χ4v) is 19.2. The molecule has 6 aliphatic carbocycles. The van der Waals surface area contributed by atoms with Crippen molar-refractivity contribution in [3.05, 3.63) is 422 Å². The largest absolute Gasteiger partial charge is 0.486 e. The lowest BCUT2D eigenvalue weighted by molar-refractivity contribution is 0.251. The number of hydrogen-bond donors (Lipinski definition) is 0. The summed E-state index contributed by atoms with van der Waals surface area (Å²) >= 11 is 0. The molecule has 4 atom stereocenters. The second-order valence-corrected chi connectivity index (χ2v) is 31.2. The minimum atomic E-state index is -1.58. The van der Waals surface area contributed by atoms with Crippen LogP contribution < -0.4 is 19.3 Å². The van der Waals surface area contributed by atoms with E-state index in [1.807, 2.05) is 170 Å². The number of nitrogens with zero attached hydrogens (tertiary/aromatic N) is 2. The third-order valence-electron chi connectivity index (χ3n) is 23.9. The van der Waals surface area contributed by atoms with Gasteiger partial charge in [0.05, 0.1) is 10.8 Å². The predicted octanol–water partition coefficient (Wildman–Crippen LogP) is 26.4. The third kappa shape index (κ3) is 11.3. The molecule has 0 fully saturated rings. The Hall–Kier alpha value is -12.3. The maximum atomic E-state index is 16.2. The number of rotatable bonds is 16. The van der Waals surface area contributed by atoms with Crippen molar-refractivity contribution in [3.63, 3.8) is 0 Å². The Kier molecular flexibility index (Phi) is 16.8. The van der Waals surface area contributed by atoms with Crippen molar-refractivity contribution in [1.29, 1.82) is 0 Å². The number of halogens is 8. The summed E-state index contributed by atoms with van der Waals surface area (Å²) in [5, 5.41) is 0. The van der Waals surface area contributed by atoms with E-state index in [1.54, 1.807) is 24.3 Å². The standard InChI is InChI=1S/C99H74F8N2O2/c1-7-59-17-37-73(38-18-59)110-75-41-21-61(22-42-75)98(63-49-89(102)93(106)90(103)50-63)81-15-11-9-13-77(81)79-45-33-69(53-85(79)98)108(67-29-25-65(100)26-30-67)71-35-47-83-87(55-71)97(57-95(83,3)4)58-96(5,6)84-48-36-72(56-88(84)97)109(68-31-27-66(101)28-32-68)70-34-46-80-78-14-10-12-16-82(78)99(86(80)54-70,64-51-91(104)94(107)92(105)52-64)62-23-43-76(44-24-62)111-74-39-19-60(8-2)20-40-74/h7-27,29-31,33-37,39-56,73H,1-2,28,32,38,57-58H2,3-6H3. The molecule has 0 aromatic heterocycles. The van der Waals surface area contributed by atoms with Crippen molar-refractivity contribution in [1.82, 2.24) is 0 Å². The van der Waals surface area contributed by atoms with Crippen LogP contribution in [0.2, 0.25) is 0 Å². The summed E-state index contributed by atoms with van der Waals surface area (Å²) in [4.78, 5) is 4.26. The second kappa shape index (κ2) is 26.5. The molecule has 0 N–H and O–H groups in total. The van der Waals surface area contributed by atoms with Crippen molar-refractivity contribution < 1.29 is 44.6 Å². The normalized spacial score (nSPS) is 19.7. The lowest BCUT2D eigenvalue weighted by atomic mass is 9.67. The Bertz CT molecular complexity index is 5940. The van der Waals surface area contributed by atoms with Gasteiger partial charge >= 0.3 is 0 Å². The van der Waals surface area contributed by atoms with Crippen molar-refractivity contribution in [2.45, 2.75) is 93.0 Å². The highest BCUT2D eigenvalue weighted by atomic mass is 19.2. The lowest BCUT2D eigenvalue weighted by Gasteiger charge is -2.36. The molecule has 12 aromatic carbocycles. The van der Waals surface area contributed by atoms with Gasteiger partial charge in [-0.25, -0.2) is 35.1 Å². The molecule has 111 heavy (non-hydrogen) atoms. The first-order valence-electron chi connectivity index (χ1n) is 37.4. The predicted molar refractivity (Wildman–Crippen MR) is 426 cm³/mol. The van der Waals surface area contributed by atoms with Crippen LogP contribution in [-0.2, 0) is 27.1 Å². The highest BCUT2D eigenvalue weighted by Crippen LogP contribution is 2.66. The van der Waals surface area contributed by atoms with Crippen molar-refractivity contribution in [2.75, 3.05) is 9.80 Å². The van der Waals surface area contributed by atoms with Gasteiger partial charge in [-0.2, -0.15) is 0 Å². The van der Waals surface area contributed by atoms with Gasteiger partial charge in [-0.3, -0.25) is 0 Å². The summed E-state index contributed by atoms with van der Waals surface area (Å²) in [5.74, 6) is -7.55. The van der Waals surface area contributed by atoms with Crippen LogP contribution in [0.5, 0.6) is 17.2 Å². The topological polar surface area (TPSA) is 24.9 Å². The van der Waals surface area contributed by atoms with Gasteiger partial charge in [0.25, 0.3) is 0 Å². The molecular formula is C99H74F8N2O2. The smallest absolute Gasteiger partial charge is 0.194 e. The molecular weight excluding hydrogens is 1400 g/mol. The number of benzene rings is 12. The Balaban J connectivity index is 0.792. The number of hydrogen-bond acceptors (Lipinski definition) is 4. The van der Waals surface area contributed by atoms with E-state index >= 15 is 35.1 Å². The van der Waals surface area contributed by atoms with E-state index in [-0.39, 0.29) is 29.5 Å². The van der Waals surface area contributed by atoms with E-state index in [1.165, 1.54) is 18.2 Å². The van der Waals surface area contributed by atoms with E-state index in [0.717, 1.165) is 108 Å². The zero-order valence-corrected chi connectivity index (χ0v) is 61.4. The number of fused-ring (bicyclic) bond motifs is 10. The fraction of sp³-hybridized carbons (Fsp3) is 0.152. The average Bonchev–Trinajstić information content (AvgIpc) is 1.56. The van der Waals surface area contributed by atoms with Crippen LogP contribution >= 0.6 is 0 Å². The van der Waals surface area contributed by atoms with Gasteiger partial charge in [-0.15, -0.1) is 0 Å². The Morgan fingerprint density at radius 3 is 1.30 bits per heavy atom. The molecule has 6 aliphatic rings. The summed E-state index contributed by atoms with van der Waals surface area (Å²) < 4.78 is 140. The summed E-state index contributed by atoms with van der Waals surface area (Å²) in [6.45, 7) is 16.9. The van der Waals surface area contributed by atoms with Crippen LogP contribution in [0.25, 0.3) is 28.3 Å². The maximum absolute atomic E-state index is 16.2. The summed E-state index contributed by atoms with van der Waals surface area (Å²) in [5.41, 5.74) is 14.0. The molecule has 12 heteroatoms. The molecule has 548 valence electrons. The molecule has 0 saturated carbocycles. The van der Waals surface area contributed by atoms with Gasteiger partial charge in [0.2, 0.25) is 0 Å². The molecule has 0 amide bonds. The first kappa shape index (κ1) is 70.4. The van der Waals surface area contributed by atoms with Gasteiger partial charge in [-0.1, -0.05) is 174 Å². The van der Waals surface area contributed by atoms with Gasteiger partial charge < -0.3 is 19.3 Å². The summed E-state index contributed by atoms with van der Waals surface area (Å²) in [6.07, 6.45) is 15.1. The Morgan fingerprint density at radius 1 is 0.396 bits per heavy atom. The van der Waals surface area contributed by atoms with Gasteiger partial charge in [0.1, 0.15) is 35.0 Å². The quantitative estimate of drug-likeness (QED) is 0.0711.